The van der Waals surface area contributed by atoms with Crippen LogP contribution in [0.15, 0.2) is 54.7 Å². The van der Waals surface area contributed by atoms with Crippen LogP contribution in [0.1, 0.15) is 10.4 Å². The number of aromatic carboxylic acids is 1. The second-order valence-electron chi connectivity index (χ2n) is 4.98. The molecule has 4 N–H and O–H groups in total. The third kappa shape index (κ3) is 3.28. The van der Waals surface area contributed by atoms with Gasteiger partial charge in [0.05, 0.1) is 5.56 Å². The van der Waals surface area contributed by atoms with E-state index >= 15 is 0 Å². The molecule has 0 saturated heterocycles. The minimum atomic E-state index is -0.980. The van der Waals surface area contributed by atoms with Gasteiger partial charge in [-0.3, -0.25) is 0 Å². The fourth-order valence-corrected chi connectivity index (χ4v) is 2.41. The van der Waals surface area contributed by atoms with E-state index in [0.29, 0.717) is 28.0 Å². The van der Waals surface area contributed by atoms with Crippen molar-refractivity contribution in [3.05, 3.63) is 65.3 Å². The summed E-state index contributed by atoms with van der Waals surface area (Å²) in [6.07, 6.45) is 1.59. The molecule has 1 aromatic heterocycles. The molecule has 0 radical (unpaired) electrons. The first kappa shape index (κ1) is 15.8. The van der Waals surface area contributed by atoms with Crippen LogP contribution >= 0.6 is 11.6 Å². The molecular formula is C17H13ClN4O2. The predicted molar refractivity (Wildman–Crippen MR) is 93.6 cm³/mol. The Labute approximate surface area is 142 Å². The fourth-order valence-electron chi connectivity index (χ4n) is 2.17. The normalized spacial score (nSPS) is 10.4. The van der Waals surface area contributed by atoms with Gasteiger partial charge in [0.2, 0.25) is 5.95 Å². The molecule has 0 amide bonds. The third-order valence-corrected chi connectivity index (χ3v) is 3.70. The lowest BCUT2D eigenvalue weighted by molar-refractivity contribution is 0.0697. The lowest BCUT2D eigenvalue weighted by Crippen LogP contribution is -2.03. The molecule has 6 nitrogen and oxygen atoms in total. The monoisotopic (exact) mass is 340 g/mol. The number of benzene rings is 2. The number of aromatic nitrogens is 2. The number of carbonyl (C=O) groups is 1. The Kier molecular flexibility index (Phi) is 4.31. The summed E-state index contributed by atoms with van der Waals surface area (Å²) in [5.74, 6) is -0.375. The van der Waals surface area contributed by atoms with Crippen LogP contribution in [0.25, 0.3) is 11.1 Å². The highest BCUT2D eigenvalue weighted by Crippen LogP contribution is 2.31. The molecule has 0 atom stereocenters. The topological polar surface area (TPSA) is 101 Å². The highest BCUT2D eigenvalue weighted by molar-refractivity contribution is 6.33. The Morgan fingerprint density at radius 3 is 2.42 bits per heavy atom. The van der Waals surface area contributed by atoms with Crippen molar-refractivity contribution < 1.29 is 9.90 Å². The molecule has 0 aliphatic rings. The Hall–Kier alpha value is -3.12. The molecule has 3 rings (SSSR count). The van der Waals surface area contributed by atoms with Gasteiger partial charge in [0.15, 0.2) is 0 Å². The summed E-state index contributed by atoms with van der Waals surface area (Å²) < 4.78 is 0. The van der Waals surface area contributed by atoms with Crippen LogP contribution < -0.4 is 11.1 Å². The zero-order chi connectivity index (χ0) is 17.1. The number of carboxylic acids is 1. The molecule has 0 aliphatic heterocycles. The molecule has 7 heteroatoms. The smallest absolute Gasteiger partial charge is 0.335 e. The minimum absolute atomic E-state index is 0.204. The average Bonchev–Trinajstić information content (AvgIpc) is 2.56. The number of rotatable bonds is 4. The van der Waals surface area contributed by atoms with Crippen molar-refractivity contribution in [1.82, 2.24) is 9.97 Å². The SMILES string of the molecule is Nc1nc(Nc2ccc(C(=O)O)cc2)ncc1-c1ccccc1Cl. The molecule has 1 heterocycles. The minimum Gasteiger partial charge on any atom is -0.478 e. The predicted octanol–water partition coefficient (Wildman–Crippen LogP) is 3.82. The molecule has 2 aromatic carbocycles. The maximum atomic E-state index is 10.8. The summed E-state index contributed by atoms with van der Waals surface area (Å²) >= 11 is 6.17. The maximum Gasteiger partial charge on any atom is 0.335 e. The van der Waals surface area contributed by atoms with Crippen LogP contribution in [-0.4, -0.2) is 21.0 Å². The number of hydrogen-bond acceptors (Lipinski definition) is 5. The molecule has 3 aromatic rings. The molecule has 0 fully saturated rings. The van der Waals surface area contributed by atoms with E-state index in [9.17, 15) is 4.79 Å². The van der Waals surface area contributed by atoms with Gasteiger partial charge < -0.3 is 16.2 Å². The molecule has 120 valence electrons. The van der Waals surface area contributed by atoms with Crippen molar-refractivity contribution in [2.24, 2.45) is 0 Å². The largest absolute Gasteiger partial charge is 0.478 e. The van der Waals surface area contributed by atoms with E-state index in [1.54, 1.807) is 24.4 Å². The van der Waals surface area contributed by atoms with Gasteiger partial charge in [-0.05, 0) is 30.3 Å². The lowest BCUT2D eigenvalue weighted by Gasteiger charge is -2.10. The quantitative estimate of drug-likeness (QED) is 0.667. The molecular weight excluding hydrogens is 328 g/mol. The molecule has 0 bridgehead atoms. The standard InChI is InChI=1S/C17H13ClN4O2/c18-14-4-2-1-3-12(14)13-9-20-17(22-15(13)19)21-11-7-5-10(6-8-11)16(23)24/h1-9H,(H,23,24)(H3,19,20,21,22). The van der Waals surface area contributed by atoms with Crippen molar-refractivity contribution in [2.75, 3.05) is 11.1 Å². The van der Waals surface area contributed by atoms with E-state index in [1.165, 1.54) is 12.1 Å². The second-order valence-corrected chi connectivity index (χ2v) is 5.39. The van der Waals surface area contributed by atoms with Gasteiger partial charge in [0, 0.05) is 28.0 Å². The number of nitrogens with one attached hydrogen (secondary N) is 1. The zero-order valence-electron chi connectivity index (χ0n) is 12.4. The van der Waals surface area contributed by atoms with Crippen molar-refractivity contribution >= 4 is 35.0 Å². The van der Waals surface area contributed by atoms with Gasteiger partial charge in [-0.25, -0.2) is 9.78 Å². The number of carboxylic acid groups (broad SMARTS) is 1. The van der Waals surface area contributed by atoms with Crippen LogP contribution in [-0.2, 0) is 0 Å². The zero-order valence-corrected chi connectivity index (χ0v) is 13.2. The number of nitrogens with zero attached hydrogens (tertiary/aromatic N) is 2. The molecule has 24 heavy (non-hydrogen) atoms. The van der Waals surface area contributed by atoms with E-state index in [1.807, 2.05) is 18.2 Å². The van der Waals surface area contributed by atoms with Crippen LogP contribution in [0.2, 0.25) is 5.02 Å². The van der Waals surface area contributed by atoms with Crippen molar-refractivity contribution in [1.29, 1.82) is 0 Å². The van der Waals surface area contributed by atoms with Crippen molar-refractivity contribution in [3.8, 4) is 11.1 Å². The number of nitrogen functional groups attached to an aromatic ring is 1. The Bertz CT molecular complexity index is 897. The lowest BCUT2D eigenvalue weighted by atomic mass is 10.1. The first-order valence-electron chi connectivity index (χ1n) is 7.02. The first-order chi connectivity index (χ1) is 11.5. The van der Waals surface area contributed by atoms with Gasteiger partial charge in [0.1, 0.15) is 5.82 Å². The van der Waals surface area contributed by atoms with Gasteiger partial charge in [-0.15, -0.1) is 0 Å². The van der Waals surface area contributed by atoms with Gasteiger partial charge >= 0.3 is 5.97 Å². The molecule has 0 spiro atoms. The van der Waals surface area contributed by atoms with Crippen LogP contribution in [0.3, 0.4) is 0 Å². The second kappa shape index (κ2) is 6.55. The maximum absolute atomic E-state index is 10.8. The van der Waals surface area contributed by atoms with Crippen molar-refractivity contribution in [3.63, 3.8) is 0 Å². The number of halogens is 1. The van der Waals surface area contributed by atoms with Gasteiger partial charge in [-0.2, -0.15) is 4.98 Å². The van der Waals surface area contributed by atoms with Crippen LogP contribution in [0, 0.1) is 0 Å². The summed E-state index contributed by atoms with van der Waals surface area (Å²) in [7, 11) is 0. The summed E-state index contributed by atoms with van der Waals surface area (Å²) in [6.45, 7) is 0. The van der Waals surface area contributed by atoms with E-state index in [0.717, 1.165) is 5.56 Å². The Balaban J connectivity index is 1.85. The van der Waals surface area contributed by atoms with E-state index in [2.05, 4.69) is 15.3 Å². The number of nitrogens with two attached hydrogens (primary N) is 1. The molecule has 0 aliphatic carbocycles. The summed E-state index contributed by atoms with van der Waals surface area (Å²) in [4.78, 5) is 19.3. The number of hydrogen-bond donors (Lipinski definition) is 3. The highest BCUT2D eigenvalue weighted by atomic mass is 35.5. The highest BCUT2D eigenvalue weighted by Gasteiger charge is 2.10. The van der Waals surface area contributed by atoms with Gasteiger partial charge in [0.25, 0.3) is 0 Å². The van der Waals surface area contributed by atoms with E-state index < -0.39 is 5.97 Å². The Morgan fingerprint density at radius 2 is 1.79 bits per heavy atom. The van der Waals surface area contributed by atoms with E-state index in [4.69, 9.17) is 22.4 Å². The van der Waals surface area contributed by atoms with Crippen LogP contribution in [0.4, 0.5) is 17.5 Å². The van der Waals surface area contributed by atoms with Gasteiger partial charge in [-0.1, -0.05) is 29.8 Å². The first-order valence-corrected chi connectivity index (χ1v) is 7.40. The average molecular weight is 341 g/mol. The summed E-state index contributed by atoms with van der Waals surface area (Å²) in [5.41, 5.74) is 8.28. The Morgan fingerprint density at radius 1 is 1.08 bits per heavy atom. The summed E-state index contributed by atoms with van der Waals surface area (Å²) in [5, 5.41) is 12.4. The van der Waals surface area contributed by atoms with Crippen molar-refractivity contribution in [2.45, 2.75) is 0 Å². The molecule has 0 unspecified atom stereocenters. The molecule has 0 saturated carbocycles. The fraction of sp³-hybridized carbons (Fsp3) is 0. The van der Waals surface area contributed by atoms with Crippen LogP contribution in [0.5, 0.6) is 0 Å². The third-order valence-electron chi connectivity index (χ3n) is 3.37. The summed E-state index contributed by atoms with van der Waals surface area (Å²) in [6, 6.07) is 13.5. The van der Waals surface area contributed by atoms with E-state index in [-0.39, 0.29) is 5.56 Å². The number of anilines is 3.